The van der Waals surface area contributed by atoms with Crippen LogP contribution >= 0.6 is 0 Å². The van der Waals surface area contributed by atoms with Gasteiger partial charge in [0.15, 0.2) is 9.84 Å². The first kappa shape index (κ1) is 14.8. The summed E-state index contributed by atoms with van der Waals surface area (Å²) in [4.78, 5) is 10.8. The third-order valence-corrected chi connectivity index (χ3v) is 7.37. The molecule has 2 fully saturated rings. The molecule has 19 heavy (non-hydrogen) atoms. The number of hydrogen-bond donors (Lipinski definition) is 1. The van der Waals surface area contributed by atoms with Gasteiger partial charge in [0.2, 0.25) is 0 Å². The molecule has 110 valence electrons. The number of carboxylic acids is 1. The fraction of sp³-hybridized carbons (Fsp3) is 0.929. The molecule has 0 aromatic carbocycles. The lowest BCUT2D eigenvalue weighted by atomic mass is 9.87. The maximum Gasteiger partial charge on any atom is 0.303 e. The monoisotopic (exact) mass is 288 g/mol. The van der Waals surface area contributed by atoms with Gasteiger partial charge in [0.05, 0.1) is 17.4 Å². The molecule has 1 N–H and O–H groups in total. The van der Waals surface area contributed by atoms with Crippen LogP contribution in [0.25, 0.3) is 0 Å². The summed E-state index contributed by atoms with van der Waals surface area (Å²) < 4.78 is 24.8. The van der Waals surface area contributed by atoms with E-state index in [9.17, 15) is 13.2 Å². The van der Waals surface area contributed by atoms with Gasteiger partial charge in [0.1, 0.15) is 0 Å². The molecule has 2 aliphatic rings. The number of hydrogen-bond acceptors (Lipinski definition) is 3. The van der Waals surface area contributed by atoms with Crippen molar-refractivity contribution in [2.75, 3.05) is 5.75 Å². The van der Waals surface area contributed by atoms with Gasteiger partial charge < -0.3 is 5.11 Å². The Morgan fingerprint density at radius 1 is 1.21 bits per heavy atom. The highest BCUT2D eigenvalue weighted by Crippen LogP contribution is 2.50. The van der Waals surface area contributed by atoms with Crippen molar-refractivity contribution >= 4 is 15.8 Å². The molecule has 4 nitrogen and oxygen atoms in total. The van der Waals surface area contributed by atoms with Gasteiger partial charge in [-0.15, -0.1) is 0 Å². The summed E-state index contributed by atoms with van der Waals surface area (Å²) in [6, 6.07) is 0. The van der Waals surface area contributed by atoms with Crippen LogP contribution in [0.4, 0.5) is 0 Å². The van der Waals surface area contributed by atoms with Gasteiger partial charge in [0, 0.05) is 0 Å². The molecule has 0 radical (unpaired) electrons. The second-order valence-corrected chi connectivity index (χ2v) is 8.71. The Hall–Kier alpha value is -0.580. The van der Waals surface area contributed by atoms with Crippen molar-refractivity contribution in [2.45, 2.75) is 63.5 Å². The largest absolute Gasteiger partial charge is 0.481 e. The molecule has 2 rings (SSSR count). The summed E-state index contributed by atoms with van der Waals surface area (Å²) in [6.45, 7) is 2.16. The van der Waals surface area contributed by atoms with E-state index in [1.807, 2.05) is 0 Å². The fourth-order valence-electron chi connectivity index (χ4n) is 3.31. The highest BCUT2D eigenvalue weighted by Gasteiger charge is 2.49. The molecule has 0 bridgehead atoms. The lowest BCUT2D eigenvalue weighted by Gasteiger charge is -2.28. The van der Waals surface area contributed by atoms with Gasteiger partial charge >= 0.3 is 5.97 Å². The predicted molar refractivity (Wildman–Crippen MR) is 73.7 cm³/mol. The predicted octanol–water partition coefficient (Wildman–Crippen LogP) is 2.62. The Bertz CT molecular complexity index is 428. The van der Waals surface area contributed by atoms with Crippen LogP contribution in [-0.2, 0) is 14.6 Å². The fourth-order valence-corrected chi connectivity index (χ4v) is 5.78. The van der Waals surface area contributed by atoms with E-state index in [4.69, 9.17) is 5.11 Å². The Kier molecular flexibility index (Phi) is 4.23. The number of carboxylic acid groups (broad SMARTS) is 1. The van der Waals surface area contributed by atoms with Gasteiger partial charge in [-0.2, -0.15) is 0 Å². The zero-order chi connectivity index (χ0) is 14.1. The van der Waals surface area contributed by atoms with E-state index in [1.54, 1.807) is 0 Å². The molecule has 0 amide bonds. The van der Waals surface area contributed by atoms with Crippen molar-refractivity contribution in [3.63, 3.8) is 0 Å². The topological polar surface area (TPSA) is 71.4 Å². The molecule has 0 atom stereocenters. The highest BCUT2D eigenvalue weighted by molar-refractivity contribution is 7.92. The van der Waals surface area contributed by atoms with Crippen molar-refractivity contribution in [3.8, 4) is 0 Å². The van der Waals surface area contributed by atoms with Crippen LogP contribution in [-0.4, -0.2) is 30.5 Å². The van der Waals surface area contributed by atoms with E-state index in [0.29, 0.717) is 5.92 Å². The third kappa shape index (κ3) is 3.71. The second kappa shape index (κ2) is 5.43. The molecule has 0 aromatic rings. The van der Waals surface area contributed by atoms with Crippen LogP contribution in [0.5, 0.6) is 0 Å². The molecule has 0 aromatic heterocycles. The van der Waals surface area contributed by atoms with E-state index in [-0.39, 0.29) is 17.4 Å². The summed E-state index contributed by atoms with van der Waals surface area (Å²) in [5.41, 5.74) is -0.438. The molecule has 0 spiro atoms. The first-order valence-corrected chi connectivity index (χ1v) is 9.02. The number of aliphatic carboxylic acids is 1. The molecular weight excluding hydrogens is 264 g/mol. The van der Waals surface area contributed by atoms with Gasteiger partial charge in [-0.3, -0.25) is 4.79 Å². The van der Waals surface area contributed by atoms with Crippen molar-refractivity contribution in [1.29, 1.82) is 0 Å². The average Bonchev–Trinajstić information content (AvgIpc) is 3.06. The Morgan fingerprint density at radius 2 is 1.79 bits per heavy atom. The van der Waals surface area contributed by atoms with E-state index in [1.165, 1.54) is 0 Å². The minimum Gasteiger partial charge on any atom is -0.481 e. The maximum atomic E-state index is 12.4. The average molecular weight is 288 g/mol. The molecule has 0 heterocycles. The van der Waals surface area contributed by atoms with Gasteiger partial charge in [0.25, 0.3) is 0 Å². The minimum absolute atomic E-state index is 0.0105. The van der Waals surface area contributed by atoms with Gasteiger partial charge in [-0.1, -0.05) is 13.3 Å². The zero-order valence-electron chi connectivity index (χ0n) is 11.6. The van der Waals surface area contributed by atoms with Crippen molar-refractivity contribution in [3.05, 3.63) is 0 Å². The van der Waals surface area contributed by atoms with E-state index in [2.05, 4.69) is 6.92 Å². The molecular formula is C14H24O4S. The smallest absolute Gasteiger partial charge is 0.303 e. The number of sulfone groups is 1. The first-order valence-electron chi connectivity index (χ1n) is 7.30. The first-order chi connectivity index (χ1) is 8.87. The van der Waals surface area contributed by atoms with E-state index in [0.717, 1.165) is 44.9 Å². The lowest BCUT2D eigenvalue weighted by Crippen LogP contribution is -2.32. The van der Waals surface area contributed by atoms with Crippen molar-refractivity contribution in [1.82, 2.24) is 0 Å². The Balaban J connectivity index is 1.94. The Labute approximate surface area is 115 Å². The molecule has 0 aliphatic heterocycles. The van der Waals surface area contributed by atoms with Crippen LogP contribution in [0.1, 0.15) is 58.3 Å². The summed E-state index contributed by atoms with van der Waals surface area (Å²) in [5, 5.41) is 8.65. The Morgan fingerprint density at radius 3 is 2.21 bits per heavy atom. The van der Waals surface area contributed by atoms with Crippen molar-refractivity contribution < 1.29 is 18.3 Å². The standard InChI is InChI=1S/C14H24O4S/c1-2-11-3-5-12(6-4-11)19(17,18)10-14(7-8-14)9-13(15)16/h11-12H,2-10H2,1H3,(H,15,16). The van der Waals surface area contributed by atoms with Crippen LogP contribution < -0.4 is 0 Å². The van der Waals surface area contributed by atoms with E-state index < -0.39 is 21.2 Å². The van der Waals surface area contributed by atoms with Crippen LogP contribution in [0, 0.1) is 11.3 Å². The lowest BCUT2D eigenvalue weighted by molar-refractivity contribution is -0.138. The number of rotatable bonds is 6. The molecule has 2 saturated carbocycles. The normalized spacial score (nSPS) is 29.9. The van der Waals surface area contributed by atoms with Crippen LogP contribution in [0.3, 0.4) is 0 Å². The summed E-state index contributed by atoms with van der Waals surface area (Å²) in [6.07, 6.45) is 6.20. The zero-order valence-corrected chi connectivity index (χ0v) is 12.4. The number of carbonyl (C=O) groups is 1. The van der Waals surface area contributed by atoms with Crippen molar-refractivity contribution in [2.24, 2.45) is 11.3 Å². The molecule has 0 unspecified atom stereocenters. The molecule has 2 aliphatic carbocycles. The van der Waals surface area contributed by atoms with Gasteiger partial charge in [-0.05, 0) is 49.9 Å². The summed E-state index contributed by atoms with van der Waals surface area (Å²) >= 11 is 0. The third-order valence-electron chi connectivity index (χ3n) is 4.87. The van der Waals surface area contributed by atoms with Crippen LogP contribution in [0.15, 0.2) is 0 Å². The second-order valence-electron chi connectivity index (χ2n) is 6.43. The summed E-state index contributed by atoms with van der Waals surface area (Å²) in [5.74, 6) is -0.101. The SMILES string of the molecule is CCC1CCC(S(=O)(=O)CC2(CC(=O)O)CC2)CC1. The molecule has 0 saturated heterocycles. The quantitative estimate of drug-likeness (QED) is 0.815. The van der Waals surface area contributed by atoms with Gasteiger partial charge in [-0.25, -0.2) is 8.42 Å². The minimum atomic E-state index is -3.12. The van der Waals surface area contributed by atoms with Crippen LogP contribution in [0.2, 0.25) is 0 Å². The van der Waals surface area contributed by atoms with E-state index >= 15 is 0 Å². The molecule has 5 heteroatoms. The summed E-state index contributed by atoms with van der Waals surface area (Å²) in [7, 11) is -3.12. The highest BCUT2D eigenvalue weighted by atomic mass is 32.2. The maximum absolute atomic E-state index is 12.4.